The Morgan fingerprint density at radius 3 is 2.69 bits per heavy atom. The van der Waals surface area contributed by atoms with E-state index in [2.05, 4.69) is 4.98 Å². The minimum absolute atomic E-state index is 0.118. The second kappa shape index (κ2) is 7.46. The van der Waals surface area contributed by atoms with Gasteiger partial charge in [-0.25, -0.2) is 18.6 Å². The largest absolute Gasteiger partial charge is 0.477 e. The lowest BCUT2D eigenvalue weighted by atomic mass is 10.0. The molecule has 7 nitrogen and oxygen atoms in total. The Morgan fingerprint density at radius 1 is 1.41 bits per heavy atom. The molecule has 0 saturated carbocycles. The summed E-state index contributed by atoms with van der Waals surface area (Å²) in [4.78, 5) is 31.5. The van der Waals surface area contributed by atoms with Gasteiger partial charge in [-0.1, -0.05) is 6.08 Å². The molecule has 3 heterocycles. The Labute approximate surface area is 167 Å². The number of nitrogens with zero attached hydrogens (tertiary/aromatic N) is 3. The van der Waals surface area contributed by atoms with Crippen LogP contribution in [-0.4, -0.2) is 63.9 Å². The van der Waals surface area contributed by atoms with Crippen molar-refractivity contribution in [3.63, 3.8) is 0 Å². The number of hydrogen-bond donors (Lipinski definition) is 1. The van der Waals surface area contributed by atoms with Crippen molar-refractivity contribution in [2.24, 2.45) is 0 Å². The molecule has 0 bridgehead atoms. The first-order chi connectivity index (χ1) is 13.5. The highest BCUT2D eigenvalue weighted by Gasteiger charge is 2.36. The Bertz CT molecular complexity index is 921. The number of alkyl halides is 2. The standard InChI is InChI=1S/C20H23F2N3O4/c1-11-7-13(8-24(4)18(11)29-10-20(3,21)22)12(2)25-9-15-14(17(25)26)5-6-23-16(15)19(27)28/h5-7,12H,8-10H2,1-4H3,(H,27,28). The van der Waals surface area contributed by atoms with Crippen molar-refractivity contribution in [2.45, 2.75) is 39.3 Å². The molecule has 0 spiro atoms. The van der Waals surface area contributed by atoms with Crippen molar-refractivity contribution >= 4 is 11.9 Å². The minimum Gasteiger partial charge on any atom is -0.477 e. The number of carboxylic acids is 1. The molecule has 1 aromatic rings. The fraction of sp³-hybridized carbons (Fsp3) is 0.450. The van der Waals surface area contributed by atoms with Gasteiger partial charge in [-0.15, -0.1) is 0 Å². The smallest absolute Gasteiger partial charge is 0.354 e. The van der Waals surface area contributed by atoms with Gasteiger partial charge < -0.3 is 19.6 Å². The van der Waals surface area contributed by atoms with Gasteiger partial charge in [-0.05, 0) is 25.5 Å². The summed E-state index contributed by atoms with van der Waals surface area (Å²) < 4.78 is 31.6. The zero-order valence-electron chi connectivity index (χ0n) is 16.7. The van der Waals surface area contributed by atoms with Gasteiger partial charge >= 0.3 is 5.97 Å². The summed E-state index contributed by atoms with van der Waals surface area (Å²) in [7, 11) is 1.74. The average Bonchev–Trinajstić information content (AvgIpc) is 2.96. The number of halogens is 2. The number of rotatable bonds is 6. The zero-order chi connectivity index (χ0) is 21.5. The Balaban J connectivity index is 1.83. The topological polar surface area (TPSA) is 83.0 Å². The van der Waals surface area contributed by atoms with Gasteiger partial charge in [0, 0.05) is 50.0 Å². The van der Waals surface area contributed by atoms with Crippen LogP contribution in [0.5, 0.6) is 0 Å². The van der Waals surface area contributed by atoms with Crippen LogP contribution in [0.1, 0.15) is 47.2 Å². The highest BCUT2D eigenvalue weighted by Crippen LogP contribution is 2.31. The van der Waals surface area contributed by atoms with Crippen LogP contribution >= 0.6 is 0 Å². The molecule has 3 rings (SSSR count). The van der Waals surface area contributed by atoms with Crippen LogP contribution in [0, 0.1) is 0 Å². The second-order valence-corrected chi connectivity index (χ2v) is 7.52. The Morgan fingerprint density at radius 2 is 2.10 bits per heavy atom. The van der Waals surface area contributed by atoms with E-state index >= 15 is 0 Å². The van der Waals surface area contributed by atoms with Gasteiger partial charge in [0.2, 0.25) is 0 Å². The number of aromatic nitrogens is 1. The Kier molecular flexibility index (Phi) is 5.34. The van der Waals surface area contributed by atoms with Crippen LogP contribution in [0.25, 0.3) is 0 Å². The number of allylic oxidation sites excluding steroid dienone is 2. The van der Waals surface area contributed by atoms with E-state index in [1.165, 1.54) is 12.3 Å². The van der Waals surface area contributed by atoms with Crippen molar-refractivity contribution < 1.29 is 28.2 Å². The highest BCUT2D eigenvalue weighted by atomic mass is 19.3. The van der Waals surface area contributed by atoms with Gasteiger partial charge in [0.1, 0.15) is 0 Å². The molecule has 0 aliphatic carbocycles. The third kappa shape index (κ3) is 4.08. The first-order valence-corrected chi connectivity index (χ1v) is 9.15. The molecule has 2 aliphatic rings. The van der Waals surface area contributed by atoms with Crippen LogP contribution in [0.3, 0.4) is 0 Å². The van der Waals surface area contributed by atoms with E-state index in [9.17, 15) is 23.5 Å². The summed E-state index contributed by atoms with van der Waals surface area (Å²) in [6, 6.07) is 1.21. The predicted molar refractivity (Wildman–Crippen MR) is 101 cm³/mol. The zero-order valence-corrected chi connectivity index (χ0v) is 16.7. The maximum absolute atomic E-state index is 13.1. The van der Waals surface area contributed by atoms with Crippen LogP contribution in [0.4, 0.5) is 8.78 Å². The lowest BCUT2D eigenvalue weighted by Gasteiger charge is -2.34. The molecule has 9 heteroatoms. The minimum atomic E-state index is -2.94. The van der Waals surface area contributed by atoms with Crippen molar-refractivity contribution in [1.29, 1.82) is 0 Å². The molecule has 156 valence electrons. The third-order valence-corrected chi connectivity index (χ3v) is 5.05. The number of fused-ring (bicyclic) bond motifs is 1. The Hall–Kier alpha value is -2.97. The van der Waals surface area contributed by atoms with E-state index < -0.39 is 18.5 Å². The summed E-state index contributed by atoms with van der Waals surface area (Å²) in [5.41, 5.74) is 2.21. The van der Waals surface area contributed by atoms with Gasteiger partial charge in [0.25, 0.3) is 11.8 Å². The number of hydrogen-bond acceptors (Lipinski definition) is 5. The number of amides is 1. The van der Waals surface area contributed by atoms with Crippen LogP contribution in [0.15, 0.2) is 35.4 Å². The number of pyridine rings is 1. The molecule has 1 unspecified atom stereocenters. The van der Waals surface area contributed by atoms with Crippen LogP contribution in [0.2, 0.25) is 0 Å². The normalized spacial score (nSPS) is 18.0. The maximum atomic E-state index is 13.1. The number of ether oxygens (including phenoxy) is 1. The number of carbonyl (C=O) groups is 2. The average molecular weight is 407 g/mol. The third-order valence-electron chi connectivity index (χ3n) is 5.05. The molecule has 0 saturated heterocycles. The SMILES string of the molecule is CC1=C(OCC(C)(F)F)N(C)CC(C(C)N2Cc3c(ccnc3C(=O)O)C2=O)=C1. The first-order valence-electron chi connectivity index (χ1n) is 9.15. The second-order valence-electron chi connectivity index (χ2n) is 7.52. The molecule has 0 aromatic carbocycles. The van der Waals surface area contributed by atoms with Crippen LogP contribution < -0.4 is 0 Å². The van der Waals surface area contributed by atoms with Gasteiger partial charge in [0.05, 0.1) is 6.04 Å². The number of aromatic carboxylic acids is 1. The molecule has 0 radical (unpaired) electrons. The number of carboxylic acid groups (broad SMARTS) is 1. The molecule has 1 aromatic heterocycles. The quantitative estimate of drug-likeness (QED) is 0.781. The van der Waals surface area contributed by atoms with E-state index in [1.54, 1.807) is 23.8 Å². The molecule has 1 amide bonds. The van der Waals surface area contributed by atoms with E-state index in [1.807, 2.05) is 13.0 Å². The molecule has 2 aliphatic heterocycles. The first kappa shape index (κ1) is 20.8. The molecular formula is C20H23F2N3O4. The fourth-order valence-corrected chi connectivity index (χ4v) is 3.65. The lowest BCUT2D eigenvalue weighted by Crippen LogP contribution is -2.39. The summed E-state index contributed by atoms with van der Waals surface area (Å²) in [6.07, 6.45) is 3.16. The predicted octanol–water partition coefficient (Wildman–Crippen LogP) is 2.90. The van der Waals surface area contributed by atoms with Crippen molar-refractivity contribution in [1.82, 2.24) is 14.8 Å². The van der Waals surface area contributed by atoms with E-state index in [0.717, 1.165) is 12.5 Å². The molecular weight excluding hydrogens is 384 g/mol. The monoisotopic (exact) mass is 407 g/mol. The maximum Gasteiger partial charge on any atom is 0.354 e. The van der Waals surface area contributed by atoms with Gasteiger partial charge in [-0.3, -0.25) is 4.79 Å². The summed E-state index contributed by atoms with van der Waals surface area (Å²) in [6.45, 7) is 4.25. The van der Waals surface area contributed by atoms with Crippen LogP contribution in [-0.2, 0) is 11.3 Å². The van der Waals surface area contributed by atoms with Crippen molar-refractivity contribution in [2.75, 3.05) is 20.2 Å². The summed E-state index contributed by atoms with van der Waals surface area (Å²) >= 11 is 0. The summed E-state index contributed by atoms with van der Waals surface area (Å²) in [5.74, 6) is -3.99. The number of carbonyl (C=O) groups excluding carboxylic acids is 1. The fourth-order valence-electron chi connectivity index (χ4n) is 3.65. The lowest BCUT2D eigenvalue weighted by molar-refractivity contribution is -0.0566. The van der Waals surface area contributed by atoms with Gasteiger partial charge in [0.15, 0.2) is 18.2 Å². The number of likely N-dealkylation sites (N-methyl/N-ethyl adjacent to an activating group) is 1. The van der Waals surface area contributed by atoms with E-state index in [0.29, 0.717) is 29.1 Å². The van der Waals surface area contributed by atoms with E-state index in [-0.39, 0.29) is 24.2 Å². The van der Waals surface area contributed by atoms with E-state index in [4.69, 9.17) is 4.74 Å². The van der Waals surface area contributed by atoms with Crippen molar-refractivity contribution in [3.05, 3.63) is 52.2 Å². The molecule has 1 atom stereocenters. The molecule has 0 fully saturated rings. The highest BCUT2D eigenvalue weighted by molar-refractivity contribution is 6.02. The summed E-state index contributed by atoms with van der Waals surface area (Å²) in [5, 5.41) is 9.33. The van der Waals surface area contributed by atoms with Gasteiger partial charge in [-0.2, -0.15) is 0 Å². The molecule has 1 N–H and O–H groups in total. The molecule has 29 heavy (non-hydrogen) atoms. The van der Waals surface area contributed by atoms with Crippen molar-refractivity contribution in [3.8, 4) is 0 Å².